The number of amides is 1. The van der Waals surface area contributed by atoms with E-state index < -0.39 is 33.4 Å². The minimum absolute atomic E-state index is 0.0516. The van der Waals surface area contributed by atoms with Gasteiger partial charge in [0.1, 0.15) is 5.82 Å². The highest BCUT2D eigenvalue weighted by Crippen LogP contribution is 2.18. The van der Waals surface area contributed by atoms with E-state index in [1.54, 1.807) is 12.1 Å². The first-order chi connectivity index (χ1) is 13.7. The van der Waals surface area contributed by atoms with Crippen molar-refractivity contribution in [3.8, 4) is 0 Å². The van der Waals surface area contributed by atoms with E-state index in [2.05, 4.69) is 10.0 Å². The van der Waals surface area contributed by atoms with E-state index in [0.717, 1.165) is 36.4 Å². The summed E-state index contributed by atoms with van der Waals surface area (Å²) in [7, 11) is -3.88. The highest BCUT2D eigenvalue weighted by atomic mass is 32.2. The third-order valence-electron chi connectivity index (χ3n) is 3.90. The maximum atomic E-state index is 13.2. The Morgan fingerprint density at radius 1 is 0.793 bits per heavy atom. The maximum absolute atomic E-state index is 13.2. The van der Waals surface area contributed by atoms with Crippen LogP contribution in [0.5, 0.6) is 0 Å². The smallest absolute Gasteiger partial charge is 0.261 e. The zero-order valence-electron chi connectivity index (χ0n) is 14.8. The number of benzene rings is 3. The van der Waals surface area contributed by atoms with E-state index in [1.165, 1.54) is 18.2 Å². The van der Waals surface area contributed by atoms with Gasteiger partial charge in [-0.1, -0.05) is 12.1 Å². The van der Waals surface area contributed by atoms with Crippen LogP contribution in [0.1, 0.15) is 5.56 Å². The van der Waals surface area contributed by atoms with Gasteiger partial charge in [-0.25, -0.2) is 21.6 Å². The monoisotopic (exact) mass is 420 g/mol. The van der Waals surface area contributed by atoms with E-state index in [-0.39, 0.29) is 22.7 Å². The van der Waals surface area contributed by atoms with Crippen LogP contribution in [0.3, 0.4) is 0 Å². The molecular formula is C20H15F3N2O3S. The lowest BCUT2D eigenvalue weighted by Crippen LogP contribution is -2.15. The fraction of sp³-hybridized carbons (Fsp3) is 0.0500. The van der Waals surface area contributed by atoms with Crippen molar-refractivity contribution in [1.29, 1.82) is 0 Å². The average molecular weight is 420 g/mol. The maximum Gasteiger partial charge on any atom is 0.261 e. The molecule has 3 aromatic rings. The Morgan fingerprint density at radius 2 is 1.41 bits per heavy atom. The number of carbonyl (C=O) groups is 1. The van der Waals surface area contributed by atoms with Gasteiger partial charge < -0.3 is 5.32 Å². The molecule has 0 unspecified atom stereocenters. The van der Waals surface area contributed by atoms with Gasteiger partial charge in [0.2, 0.25) is 5.91 Å². The Hall–Kier alpha value is -3.33. The van der Waals surface area contributed by atoms with Gasteiger partial charge in [0, 0.05) is 17.4 Å². The molecule has 5 nitrogen and oxygen atoms in total. The molecule has 0 radical (unpaired) electrons. The molecule has 0 aliphatic rings. The van der Waals surface area contributed by atoms with Crippen LogP contribution in [0.15, 0.2) is 71.6 Å². The van der Waals surface area contributed by atoms with Crippen LogP contribution >= 0.6 is 0 Å². The fourth-order valence-electron chi connectivity index (χ4n) is 2.48. The quantitative estimate of drug-likeness (QED) is 0.631. The van der Waals surface area contributed by atoms with Crippen LogP contribution in [0, 0.1) is 17.5 Å². The minimum Gasteiger partial charge on any atom is -0.326 e. The van der Waals surface area contributed by atoms with Crippen LogP contribution in [0.25, 0.3) is 0 Å². The number of halogens is 3. The molecule has 3 rings (SSSR count). The molecule has 0 atom stereocenters. The number of carbonyl (C=O) groups excluding carboxylic acids is 1. The first kappa shape index (κ1) is 20.4. The molecule has 0 saturated heterocycles. The number of nitrogens with one attached hydrogen (secondary N) is 2. The second kappa shape index (κ2) is 8.36. The lowest BCUT2D eigenvalue weighted by atomic mass is 10.1. The van der Waals surface area contributed by atoms with E-state index in [0.29, 0.717) is 5.56 Å². The van der Waals surface area contributed by atoms with E-state index in [1.807, 2.05) is 0 Å². The van der Waals surface area contributed by atoms with Gasteiger partial charge in [-0.3, -0.25) is 9.52 Å². The van der Waals surface area contributed by atoms with E-state index in [4.69, 9.17) is 0 Å². The van der Waals surface area contributed by atoms with E-state index >= 15 is 0 Å². The molecule has 0 aliphatic carbocycles. The minimum atomic E-state index is -3.88. The lowest BCUT2D eigenvalue weighted by molar-refractivity contribution is -0.115. The Kier molecular flexibility index (Phi) is 5.88. The normalized spacial score (nSPS) is 11.1. The number of hydrogen-bond acceptors (Lipinski definition) is 3. The standard InChI is InChI=1S/C20H15F3N2O3S/c21-14-3-8-17(9-4-14)29(27,28)25-15-5-1-13(2-6-15)11-20(26)24-16-7-10-18(22)19(23)12-16/h1-10,12,25H,11H2,(H,24,26). The molecule has 9 heteroatoms. The third-order valence-corrected chi connectivity index (χ3v) is 5.30. The number of hydrogen-bond donors (Lipinski definition) is 2. The molecule has 0 bridgehead atoms. The predicted octanol–water partition coefficient (Wildman–Crippen LogP) is 4.09. The van der Waals surface area contributed by atoms with Crippen LogP contribution in [0.2, 0.25) is 0 Å². The summed E-state index contributed by atoms with van der Waals surface area (Å²) in [5.41, 5.74) is 0.964. The molecule has 0 heterocycles. The van der Waals surface area contributed by atoms with Gasteiger partial charge in [0.05, 0.1) is 11.3 Å². The molecule has 2 N–H and O–H groups in total. The van der Waals surface area contributed by atoms with Gasteiger partial charge in [0.25, 0.3) is 10.0 Å². The van der Waals surface area contributed by atoms with Gasteiger partial charge in [-0.15, -0.1) is 0 Å². The molecule has 29 heavy (non-hydrogen) atoms. The van der Waals surface area contributed by atoms with E-state index in [9.17, 15) is 26.4 Å². The van der Waals surface area contributed by atoms with Gasteiger partial charge in [-0.05, 0) is 54.1 Å². The summed E-state index contributed by atoms with van der Waals surface area (Å²) in [4.78, 5) is 11.9. The van der Waals surface area contributed by atoms with Crippen LogP contribution in [0.4, 0.5) is 24.5 Å². The van der Waals surface area contributed by atoms with Crippen molar-refractivity contribution in [3.63, 3.8) is 0 Å². The van der Waals surface area contributed by atoms with Crippen LogP contribution in [-0.2, 0) is 21.2 Å². The third kappa shape index (κ3) is 5.35. The average Bonchev–Trinajstić information content (AvgIpc) is 2.66. The van der Waals surface area contributed by atoms with Gasteiger partial charge in [-0.2, -0.15) is 0 Å². The zero-order chi connectivity index (χ0) is 21.0. The van der Waals surface area contributed by atoms with Crippen molar-refractivity contribution in [2.45, 2.75) is 11.3 Å². The topological polar surface area (TPSA) is 75.3 Å². The fourth-order valence-corrected chi connectivity index (χ4v) is 3.54. The SMILES string of the molecule is O=C(Cc1ccc(NS(=O)(=O)c2ccc(F)cc2)cc1)Nc1ccc(F)c(F)c1. The van der Waals surface area contributed by atoms with Crippen molar-refractivity contribution >= 4 is 27.3 Å². The van der Waals surface area contributed by atoms with Gasteiger partial charge in [0.15, 0.2) is 11.6 Å². The molecule has 150 valence electrons. The van der Waals surface area contributed by atoms with Crippen molar-refractivity contribution in [1.82, 2.24) is 0 Å². The Bertz CT molecular complexity index is 1130. The van der Waals surface area contributed by atoms with Crippen molar-refractivity contribution < 1.29 is 26.4 Å². The van der Waals surface area contributed by atoms with Crippen LogP contribution in [-0.4, -0.2) is 14.3 Å². The molecule has 0 fully saturated rings. The van der Waals surface area contributed by atoms with Crippen molar-refractivity contribution in [2.75, 3.05) is 10.0 Å². The summed E-state index contributed by atoms with van der Waals surface area (Å²) in [6.07, 6.45) is -0.0516. The molecule has 0 saturated carbocycles. The molecule has 0 aliphatic heterocycles. The predicted molar refractivity (Wildman–Crippen MR) is 102 cm³/mol. The van der Waals surface area contributed by atoms with Crippen molar-refractivity contribution in [3.05, 3.63) is 89.7 Å². The molecule has 0 spiro atoms. The second-order valence-electron chi connectivity index (χ2n) is 6.11. The highest BCUT2D eigenvalue weighted by molar-refractivity contribution is 7.92. The summed E-state index contributed by atoms with van der Waals surface area (Å²) in [6.45, 7) is 0. The Balaban J connectivity index is 1.63. The highest BCUT2D eigenvalue weighted by Gasteiger charge is 2.14. The lowest BCUT2D eigenvalue weighted by Gasteiger charge is -2.09. The molecule has 1 amide bonds. The largest absolute Gasteiger partial charge is 0.326 e. The van der Waals surface area contributed by atoms with Gasteiger partial charge >= 0.3 is 0 Å². The first-order valence-corrected chi connectivity index (χ1v) is 9.83. The van der Waals surface area contributed by atoms with Crippen molar-refractivity contribution in [2.24, 2.45) is 0 Å². The van der Waals surface area contributed by atoms with Crippen LogP contribution < -0.4 is 10.0 Å². The second-order valence-corrected chi connectivity index (χ2v) is 7.79. The summed E-state index contributed by atoms with van der Waals surface area (Å²) in [6, 6.07) is 13.5. The first-order valence-electron chi connectivity index (χ1n) is 8.35. The summed E-state index contributed by atoms with van der Waals surface area (Å²) >= 11 is 0. The Labute approximate surface area is 165 Å². The Morgan fingerprint density at radius 3 is 2.03 bits per heavy atom. The number of sulfonamides is 1. The number of anilines is 2. The zero-order valence-corrected chi connectivity index (χ0v) is 15.6. The summed E-state index contributed by atoms with van der Waals surface area (Å²) in [5, 5.41) is 2.45. The summed E-state index contributed by atoms with van der Waals surface area (Å²) in [5.74, 6) is -3.08. The summed E-state index contributed by atoms with van der Waals surface area (Å²) < 4.78 is 65.9. The molecule has 0 aromatic heterocycles. The molecular weight excluding hydrogens is 405 g/mol. The molecule has 3 aromatic carbocycles. The number of rotatable bonds is 6.